The minimum absolute atomic E-state index is 0.0410. The van der Waals surface area contributed by atoms with E-state index in [1.807, 2.05) is 7.05 Å². The first-order valence-electron chi connectivity index (χ1n) is 4.70. The Labute approximate surface area is 83.8 Å². The summed E-state index contributed by atoms with van der Waals surface area (Å²) in [6.45, 7) is 2.50. The van der Waals surface area contributed by atoms with Crippen LogP contribution in [-0.2, 0) is 0 Å². The van der Waals surface area contributed by atoms with Crippen molar-refractivity contribution in [1.82, 2.24) is 5.32 Å². The van der Waals surface area contributed by atoms with E-state index in [1.165, 1.54) is 6.07 Å². The Morgan fingerprint density at radius 3 is 2.71 bits per heavy atom. The van der Waals surface area contributed by atoms with Crippen LogP contribution >= 0.6 is 0 Å². The third-order valence-corrected chi connectivity index (χ3v) is 2.32. The summed E-state index contributed by atoms with van der Waals surface area (Å²) in [6, 6.07) is 4.96. The highest BCUT2D eigenvalue weighted by atomic mass is 19.1. The lowest BCUT2D eigenvalue weighted by molar-refractivity contribution is 0.263. The highest BCUT2D eigenvalue weighted by Gasteiger charge is 2.10. The molecule has 0 aliphatic carbocycles. The number of rotatable bonds is 4. The fraction of sp³-hybridized carbons (Fsp3) is 0.455. The molecular formula is C11H16FNO. The van der Waals surface area contributed by atoms with Crippen LogP contribution < -0.4 is 5.32 Å². The highest BCUT2D eigenvalue weighted by Crippen LogP contribution is 2.17. The van der Waals surface area contributed by atoms with Gasteiger partial charge in [0.1, 0.15) is 5.82 Å². The molecule has 14 heavy (non-hydrogen) atoms. The van der Waals surface area contributed by atoms with Gasteiger partial charge in [-0.3, -0.25) is 0 Å². The van der Waals surface area contributed by atoms with Gasteiger partial charge >= 0.3 is 0 Å². The Kier molecular flexibility index (Phi) is 4.04. The fourth-order valence-corrected chi connectivity index (χ4v) is 1.46. The molecule has 0 bridgehead atoms. The maximum Gasteiger partial charge on any atom is 0.126 e. The fourth-order valence-electron chi connectivity index (χ4n) is 1.46. The smallest absolute Gasteiger partial charge is 0.126 e. The third kappa shape index (κ3) is 2.53. The normalized spacial score (nSPS) is 12.9. The zero-order valence-corrected chi connectivity index (χ0v) is 8.55. The number of hydrogen-bond donors (Lipinski definition) is 2. The Morgan fingerprint density at radius 2 is 2.21 bits per heavy atom. The van der Waals surface area contributed by atoms with Crippen molar-refractivity contribution in [3.05, 3.63) is 35.1 Å². The maximum atomic E-state index is 13.0. The molecule has 0 heterocycles. The summed E-state index contributed by atoms with van der Waals surface area (Å²) in [5.74, 6) is -0.158. The monoisotopic (exact) mass is 197 g/mol. The van der Waals surface area contributed by atoms with Gasteiger partial charge in [0, 0.05) is 12.5 Å². The molecule has 0 aliphatic heterocycles. The van der Waals surface area contributed by atoms with E-state index in [-0.39, 0.29) is 18.3 Å². The van der Waals surface area contributed by atoms with Gasteiger partial charge in [-0.15, -0.1) is 0 Å². The summed E-state index contributed by atoms with van der Waals surface area (Å²) in [4.78, 5) is 0. The van der Waals surface area contributed by atoms with Crippen molar-refractivity contribution in [2.24, 2.45) is 0 Å². The number of aryl methyl sites for hydroxylation is 1. The molecule has 1 rings (SSSR count). The van der Waals surface area contributed by atoms with E-state index in [0.717, 1.165) is 5.56 Å². The van der Waals surface area contributed by atoms with Crippen LogP contribution in [0.1, 0.15) is 17.0 Å². The average molecular weight is 197 g/mol. The molecule has 0 fully saturated rings. The van der Waals surface area contributed by atoms with E-state index >= 15 is 0 Å². The van der Waals surface area contributed by atoms with Gasteiger partial charge < -0.3 is 10.4 Å². The largest absolute Gasteiger partial charge is 0.396 e. The quantitative estimate of drug-likeness (QED) is 0.765. The zero-order valence-electron chi connectivity index (χ0n) is 8.55. The summed E-state index contributed by atoms with van der Waals surface area (Å²) in [7, 11) is 1.83. The Hall–Kier alpha value is -0.930. The molecule has 0 saturated carbocycles. The average Bonchev–Trinajstić information content (AvgIpc) is 2.19. The van der Waals surface area contributed by atoms with Crippen molar-refractivity contribution in [1.29, 1.82) is 0 Å². The molecule has 3 heteroatoms. The van der Waals surface area contributed by atoms with Crippen molar-refractivity contribution in [2.75, 3.05) is 20.2 Å². The number of aliphatic hydroxyl groups is 1. The molecule has 1 atom stereocenters. The first kappa shape index (κ1) is 11.1. The van der Waals surface area contributed by atoms with Gasteiger partial charge in [-0.25, -0.2) is 4.39 Å². The lowest BCUT2D eigenvalue weighted by Gasteiger charge is -2.14. The summed E-state index contributed by atoms with van der Waals surface area (Å²) < 4.78 is 13.0. The van der Waals surface area contributed by atoms with E-state index in [2.05, 4.69) is 5.32 Å². The highest BCUT2D eigenvalue weighted by molar-refractivity contribution is 5.27. The summed E-state index contributed by atoms with van der Waals surface area (Å²) in [5, 5.41) is 12.1. The maximum absolute atomic E-state index is 13.0. The molecule has 0 saturated heterocycles. The molecule has 0 spiro atoms. The van der Waals surface area contributed by atoms with Gasteiger partial charge in [0.05, 0.1) is 6.61 Å². The summed E-state index contributed by atoms with van der Waals surface area (Å²) in [6.07, 6.45) is 0. The lowest BCUT2D eigenvalue weighted by atomic mass is 9.98. The minimum Gasteiger partial charge on any atom is -0.396 e. The van der Waals surface area contributed by atoms with Gasteiger partial charge in [-0.05, 0) is 31.2 Å². The van der Waals surface area contributed by atoms with Gasteiger partial charge in [-0.1, -0.05) is 12.1 Å². The van der Waals surface area contributed by atoms with Crippen molar-refractivity contribution in [2.45, 2.75) is 12.8 Å². The summed E-state index contributed by atoms with van der Waals surface area (Å²) in [5.41, 5.74) is 1.60. The standard InChI is InChI=1S/C11H16FNO/c1-8-5-9(3-4-11(8)12)10(7-14)6-13-2/h3-5,10,13-14H,6-7H2,1-2H3. The first-order chi connectivity index (χ1) is 6.69. The van der Waals surface area contributed by atoms with E-state index in [9.17, 15) is 4.39 Å². The first-order valence-corrected chi connectivity index (χ1v) is 4.70. The van der Waals surface area contributed by atoms with Crippen LogP contribution in [0.15, 0.2) is 18.2 Å². The van der Waals surface area contributed by atoms with Crippen LogP contribution in [0.25, 0.3) is 0 Å². The van der Waals surface area contributed by atoms with Crippen molar-refractivity contribution in [3.63, 3.8) is 0 Å². The minimum atomic E-state index is -0.199. The second kappa shape index (κ2) is 5.08. The van der Waals surface area contributed by atoms with Gasteiger partial charge in [0.2, 0.25) is 0 Å². The third-order valence-electron chi connectivity index (χ3n) is 2.32. The van der Waals surface area contributed by atoms with Gasteiger partial charge in [0.15, 0.2) is 0 Å². The van der Waals surface area contributed by atoms with Crippen molar-refractivity contribution >= 4 is 0 Å². The molecule has 1 aromatic rings. The topological polar surface area (TPSA) is 32.3 Å². The Balaban J connectivity index is 2.88. The van der Waals surface area contributed by atoms with Crippen LogP contribution in [0.3, 0.4) is 0 Å². The molecule has 1 unspecified atom stereocenters. The lowest BCUT2D eigenvalue weighted by Crippen LogP contribution is -2.20. The molecule has 0 aliphatic rings. The number of likely N-dealkylation sites (N-methyl/N-ethyl adjacent to an activating group) is 1. The molecule has 0 aromatic heterocycles. The Bertz CT molecular complexity index is 301. The zero-order chi connectivity index (χ0) is 10.6. The van der Waals surface area contributed by atoms with E-state index < -0.39 is 0 Å². The molecule has 0 amide bonds. The van der Waals surface area contributed by atoms with Crippen LogP contribution in [0.5, 0.6) is 0 Å². The van der Waals surface area contributed by atoms with Crippen LogP contribution in [-0.4, -0.2) is 25.3 Å². The van der Waals surface area contributed by atoms with Crippen molar-refractivity contribution in [3.8, 4) is 0 Å². The molecule has 2 N–H and O–H groups in total. The molecular weight excluding hydrogens is 181 g/mol. The van der Waals surface area contributed by atoms with Crippen molar-refractivity contribution < 1.29 is 9.50 Å². The summed E-state index contributed by atoms with van der Waals surface area (Å²) >= 11 is 0. The number of aliphatic hydroxyl groups excluding tert-OH is 1. The van der Waals surface area contributed by atoms with Gasteiger partial charge in [0.25, 0.3) is 0 Å². The van der Waals surface area contributed by atoms with Gasteiger partial charge in [-0.2, -0.15) is 0 Å². The predicted molar refractivity (Wildman–Crippen MR) is 54.9 cm³/mol. The van der Waals surface area contributed by atoms with E-state index in [0.29, 0.717) is 12.1 Å². The van der Waals surface area contributed by atoms with E-state index in [1.54, 1.807) is 19.1 Å². The van der Waals surface area contributed by atoms with Crippen LogP contribution in [0.2, 0.25) is 0 Å². The number of benzene rings is 1. The Morgan fingerprint density at radius 1 is 1.50 bits per heavy atom. The second-order valence-corrected chi connectivity index (χ2v) is 3.45. The van der Waals surface area contributed by atoms with E-state index in [4.69, 9.17) is 5.11 Å². The second-order valence-electron chi connectivity index (χ2n) is 3.45. The van der Waals surface area contributed by atoms with Crippen LogP contribution in [0.4, 0.5) is 4.39 Å². The molecule has 2 nitrogen and oxygen atoms in total. The molecule has 0 radical (unpaired) electrons. The number of hydrogen-bond acceptors (Lipinski definition) is 2. The van der Waals surface area contributed by atoms with Crippen LogP contribution in [0, 0.1) is 12.7 Å². The number of halogens is 1. The predicted octanol–water partition coefficient (Wildman–Crippen LogP) is 1.43. The molecule has 78 valence electrons. The molecule has 1 aromatic carbocycles. The number of nitrogens with one attached hydrogen (secondary N) is 1. The SMILES string of the molecule is CNCC(CO)c1ccc(F)c(C)c1.